The lowest BCUT2D eigenvalue weighted by atomic mass is 10.1. The monoisotopic (exact) mass is 361 g/mol. The van der Waals surface area contributed by atoms with E-state index >= 15 is 0 Å². The maximum absolute atomic E-state index is 11.7. The van der Waals surface area contributed by atoms with Gasteiger partial charge in [0, 0.05) is 16.6 Å². The number of amides is 1. The van der Waals surface area contributed by atoms with Gasteiger partial charge in [-0.15, -0.1) is 0 Å². The minimum atomic E-state index is 0.0139. The summed E-state index contributed by atoms with van der Waals surface area (Å²) in [7, 11) is 0. The lowest BCUT2D eigenvalue weighted by Gasteiger charge is -2.09. The molecule has 5 heteroatoms. The van der Waals surface area contributed by atoms with Crippen LogP contribution in [-0.4, -0.2) is 10.9 Å². The molecule has 0 aliphatic rings. The quantitative estimate of drug-likeness (QED) is 0.797. The van der Waals surface area contributed by atoms with Crippen LogP contribution in [0.4, 0.5) is 17.2 Å². The second-order valence-corrected chi connectivity index (χ2v) is 6.52. The number of rotatable bonds is 5. The molecule has 0 saturated carbocycles. The fourth-order valence-corrected chi connectivity index (χ4v) is 2.32. The largest absolute Gasteiger partial charge is 0.340 e. The Kier molecular flexibility index (Phi) is 5.55. The molecule has 116 valence electrons. The lowest BCUT2D eigenvalue weighted by Crippen LogP contribution is -2.13. The number of carbonyl (C=O) groups is 1. The van der Waals surface area contributed by atoms with E-state index in [2.05, 4.69) is 31.5 Å². The molecule has 22 heavy (non-hydrogen) atoms. The smallest absolute Gasteiger partial charge is 0.224 e. The van der Waals surface area contributed by atoms with Gasteiger partial charge in [-0.1, -0.05) is 35.8 Å². The molecule has 0 spiro atoms. The zero-order valence-corrected chi connectivity index (χ0v) is 14.6. The first-order valence-corrected chi connectivity index (χ1v) is 8.02. The fraction of sp³-hybridized carbons (Fsp3) is 0.294. The van der Waals surface area contributed by atoms with Crippen molar-refractivity contribution >= 4 is 39.0 Å². The van der Waals surface area contributed by atoms with Crippen LogP contribution in [0.15, 0.2) is 41.0 Å². The topological polar surface area (TPSA) is 54.0 Å². The standard InChI is InChI=1S/C17H20BrN3O/c1-11(2)8-17(22)21-14-6-7-16(19-10-14)20-13-5-4-12(3)15(18)9-13/h4-7,9-11H,8H2,1-3H3,(H,19,20)(H,21,22). The second-order valence-electron chi connectivity index (χ2n) is 5.67. The summed E-state index contributed by atoms with van der Waals surface area (Å²) in [6, 6.07) is 9.73. The molecule has 4 nitrogen and oxygen atoms in total. The number of hydrogen-bond acceptors (Lipinski definition) is 3. The minimum absolute atomic E-state index is 0.0139. The number of aryl methyl sites for hydroxylation is 1. The highest BCUT2D eigenvalue weighted by molar-refractivity contribution is 9.10. The molecule has 0 aliphatic heterocycles. The van der Waals surface area contributed by atoms with Gasteiger partial charge in [-0.2, -0.15) is 0 Å². The van der Waals surface area contributed by atoms with E-state index in [1.54, 1.807) is 6.20 Å². The van der Waals surface area contributed by atoms with E-state index in [4.69, 9.17) is 0 Å². The predicted molar refractivity (Wildman–Crippen MR) is 94.5 cm³/mol. The van der Waals surface area contributed by atoms with Crippen LogP contribution in [0.5, 0.6) is 0 Å². The Morgan fingerprint density at radius 3 is 2.55 bits per heavy atom. The highest BCUT2D eigenvalue weighted by Crippen LogP contribution is 2.23. The molecular weight excluding hydrogens is 342 g/mol. The number of carbonyl (C=O) groups excluding carboxylic acids is 1. The first-order valence-electron chi connectivity index (χ1n) is 7.23. The number of halogens is 1. The van der Waals surface area contributed by atoms with Crippen molar-refractivity contribution in [3.63, 3.8) is 0 Å². The third kappa shape index (κ3) is 4.84. The summed E-state index contributed by atoms with van der Waals surface area (Å²) in [6.07, 6.45) is 2.17. The molecule has 1 aromatic carbocycles. The molecule has 0 atom stereocenters. The number of nitrogens with zero attached hydrogens (tertiary/aromatic N) is 1. The Morgan fingerprint density at radius 1 is 1.23 bits per heavy atom. The Balaban J connectivity index is 1.99. The zero-order valence-electron chi connectivity index (χ0n) is 13.0. The van der Waals surface area contributed by atoms with Gasteiger partial charge in [-0.25, -0.2) is 4.98 Å². The molecule has 0 aliphatic carbocycles. The number of benzene rings is 1. The van der Waals surface area contributed by atoms with Gasteiger partial charge in [0.25, 0.3) is 0 Å². The molecule has 1 aromatic heterocycles. The fourth-order valence-electron chi connectivity index (χ4n) is 1.94. The van der Waals surface area contributed by atoms with Crippen molar-refractivity contribution in [3.8, 4) is 0 Å². The Labute approximate surface area is 139 Å². The summed E-state index contributed by atoms with van der Waals surface area (Å²) in [5.74, 6) is 1.09. The van der Waals surface area contributed by atoms with Crippen molar-refractivity contribution < 1.29 is 4.79 Å². The van der Waals surface area contributed by atoms with E-state index in [9.17, 15) is 4.79 Å². The van der Waals surface area contributed by atoms with Crippen LogP contribution < -0.4 is 10.6 Å². The average molecular weight is 362 g/mol. The van der Waals surface area contributed by atoms with Crippen LogP contribution in [0.3, 0.4) is 0 Å². The molecule has 2 aromatic rings. The van der Waals surface area contributed by atoms with Gasteiger partial charge < -0.3 is 10.6 Å². The van der Waals surface area contributed by atoms with Crippen LogP contribution in [0, 0.1) is 12.8 Å². The number of nitrogens with one attached hydrogen (secondary N) is 2. The Morgan fingerprint density at radius 2 is 1.95 bits per heavy atom. The minimum Gasteiger partial charge on any atom is -0.340 e. The Hall–Kier alpha value is -1.88. The van der Waals surface area contributed by atoms with Crippen molar-refractivity contribution in [1.29, 1.82) is 0 Å². The van der Waals surface area contributed by atoms with E-state index in [1.807, 2.05) is 51.1 Å². The molecular formula is C17H20BrN3O. The highest BCUT2D eigenvalue weighted by atomic mass is 79.9. The summed E-state index contributed by atoms with van der Waals surface area (Å²) in [5, 5.41) is 6.08. The van der Waals surface area contributed by atoms with Crippen LogP contribution >= 0.6 is 15.9 Å². The third-order valence-corrected chi connectivity index (χ3v) is 3.94. The molecule has 0 fully saturated rings. The molecule has 0 saturated heterocycles. The van der Waals surface area contributed by atoms with Crippen LogP contribution in [-0.2, 0) is 4.79 Å². The van der Waals surface area contributed by atoms with Crippen LogP contribution in [0.25, 0.3) is 0 Å². The second kappa shape index (κ2) is 7.40. The van der Waals surface area contributed by atoms with Crippen molar-refractivity contribution in [2.75, 3.05) is 10.6 Å². The van der Waals surface area contributed by atoms with Crippen LogP contribution in [0.1, 0.15) is 25.8 Å². The number of anilines is 3. The van der Waals surface area contributed by atoms with E-state index < -0.39 is 0 Å². The molecule has 1 heterocycles. The molecule has 0 radical (unpaired) electrons. The van der Waals surface area contributed by atoms with E-state index in [1.165, 1.54) is 5.56 Å². The van der Waals surface area contributed by atoms with Crippen molar-refractivity contribution in [2.24, 2.45) is 5.92 Å². The molecule has 2 rings (SSSR count). The lowest BCUT2D eigenvalue weighted by molar-refractivity contribution is -0.116. The van der Waals surface area contributed by atoms with Gasteiger partial charge >= 0.3 is 0 Å². The number of hydrogen-bond donors (Lipinski definition) is 2. The van der Waals surface area contributed by atoms with Gasteiger partial charge in [0.05, 0.1) is 11.9 Å². The average Bonchev–Trinajstić information content (AvgIpc) is 2.44. The van der Waals surface area contributed by atoms with Crippen molar-refractivity contribution in [1.82, 2.24) is 4.98 Å². The van der Waals surface area contributed by atoms with Gasteiger partial charge in [0.15, 0.2) is 0 Å². The third-order valence-electron chi connectivity index (χ3n) is 3.09. The van der Waals surface area contributed by atoms with Gasteiger partial charge in [0.2, 0.25) is 5.91 Å². The van der Waals surface area contributed by atoms with Gasteiger partial charge in [0.1, 0.15) is 5.82 Å². The molecule has 1 amide bonds. The van der Waals surface area contributed by atoms with E-state index in [0.717, 1.165) is 16.0 Å². The molecule has 0 bridgehead atoms. The highest BCUT2D eigenvalue weighted by Gasteiger charge is 2.06. The summed E-state index contributed by atoms with van der Waals surface area (Å²) < 4.78 is 1.05. The molecule has 2 N–H and O–H groups in total. The SMILES string of the molecule is Cc1ccc(Nc2ccc(NC(=O)CC(C)C)cn2)cc1Br. The molecule has 0 unspecified atom stereocenters. The summed E-state index contributed by atoms with van der Waals surface area (Å²) in [5.41, 5.74) is 2.85. The van der Waals surface area contributed by atoms with E-state index in [0.29, 0.717) is 18.0 Å². The predicted octanol–water partition coefficient (Wildman–Crippen LogP) is 4.88. The van der Waals surface area contributed by atoms with Crippen LogP contribution in [0.2, 0.25) is 0 Å². The Bertz CT molecular complexity index is 653. The van der Waals surface area contributed by atoms with Crippen molar-refractivity contribution in [2.45, 2.75) is 27.2 Å². The zero-order chi connectivity index (χ0) is 16.1. The maximum atomic E-state index is 11.7. The van der Waals surface area contributed by atoms with Gasteiger partial charge in [-0.05, 0) is 42.7 Å². The van der Waals surface area contributed by atoms with E-state index in [-0.39, 0.29) is 5.91 Å². The normalized spacial score (nSPS) is 10.6. The first kappa shape index (κ1) is 16.5. The summed E-state index contributed by atoms with van der Waals surface area (Å²) in [4.78, 5) is 16.0. The van der Waals surface area contributed by atoms with Gasteiger partial charge in [-0.3, -0.25) is 4.79 Å². The summed E-state index contributed by atoms with van der Waals surface area (Å²) >= 11 is 3.51. The number of aromatic nitrogens is 1. The number of pyridine rings is 1. The maximum Gasteiger partial charge on any atom is 0.224 e. The van der Waals surface area contributed by atoms with Crippen molar-refractivity contribution in [3.05, 3.63) is 46.6 Å². The first-order chi connectivity index (χ1) is 10.4. The summed E-state index contributed by atoms with van der Waals surface area (Å²) in [6.45, 7) is 6.08.